The maximum Gasteiger partial charge on any atom is 0.264 e. The number of nitrogens with zero attached hydrogens (tertiary/aromatic N) is 2. The van der Waals surface area contributed by atoms with Gasteiger partial charge in [-0.1, -0.05) is 66.4 Å². The van der Waals surface area contributed by atoms with E-state index < -0.39 is 28.5 Å². The fourth-order valence-corrected chi connectivity index (χ4v) is 5.93. The van der Waals surface area contributed by atoms with Crippen molar-refractivity contribution < 1.29 is 18.0 Å². The molecule has 3 rings (SSSR count). The minimum absolute atomic E-state index is 0.0312. The Kier molecular flexibility index (Phi) is 11.2. The van der Waals surface area contributed by atoms with Gasteiger partial charge in [0.05, 0.1) is 20.6 Å². The zero-order valence-electron chi connectivity index (χ0n) is 24.1. The monoisotopic (exact) mass is 617 g/mol. The lowest BCUT2D eigenvalue weighted by Gasteiger charge is -2.32. The molecule has 3 aromatic carbocycles. The molecule has 0 aliphatic carbocycles. The van der Waals surface area contributed by atoms with Crippen LogP contribution in [0.1, 0.15) is 48.9 Å². The third kappa shape index (κ3) is 8.24. The molecule has 41 heavy (non-hydrogen) atoms. The van der Waals surface area contributed by atoms with Gasteiger partial charge in [-0.05, 0) is 87.2 Å². The van der Waals surface area contributed by atoms with Gasteiger partial charge >= 0.3 is 0 Å². The summed E-state index contributed by atoms with van der Waals surface area (Å²) in [6.07, 6.45) is 1.71. The van der Waals surface area contributed by atoms with Gasteiger partial charge in [0.25, 0.3) is 10.0 Å². The van der Waals surface area contributed by atoms with Crippen molar-refractivity contribution in [2.24, 2.45) is 0 Å². The van der Waals surface area contributed by atoms with Crippen LogP contribution in [0, 0.1) is 20.8 Å². The van der Waals surface area contributed by atoms with Crippen molar-refractivity contribution in [3.8, 4) is 0 Å². The van der Waals surface area contributed by atoms with Gasteiger partial charge in [0.15, 0.2) is 0 Å². The molecule has 0 bridgehead atoms. The summed E-state index contributed by atoms with van der Waals surface area (Å²) in [5, 5.41) is 3.55. The number of hydrogen-bond acceptors (Lipinski definition) is 4. The third-order valence-electron chi connectivity index (χ3n) is 7.00. The van der Waals surface area contributed by atoms with Gasteiger partial charge in [-0.15, -0.1) is 0 Å². The molecule has 0 aliphatic rings. The number of unbranched alkanes of at least 4 members (excludes halogenated alkanes) is 1. The first-order valence-electron chi connectivity index (χ1n) is 13.5. The van der Waals surface area contributed by atoms with Crippen molar-refractivity contribution in [1.29, 1.82) is 0 Å². The summed E-state index contributed by atoms with van der Waals surface area (Å²) in [5.74, 6) is -0.867. The molecule has 0 aromatic heterocycles. The Morgan fingerprint density at radius 2 is 1.59 bits per heavy atom. The van der Waals surface area contributed by atoms with E-state index in [2.05, 4.69) is 5.32 Å². The van der Waals surface area contributed by atoms with Crippen LogP contribution < -0.4 is 9.62 Å². The fourth-order valence-electron chi connectivity index (χ4n) is 4.20. The first-order valence-corrected chi connectivity index (χ1v) is 15.7. The molecule has 2 amide bonds. The SMILES string of the molecule is CCCCNC(=O)C(C)N(Cc1ccc(Cl)c(Cl)c1)C(=O)CN(c1ccc(C)c(C)c1)S(=O)(=O)c1ccc(C)cc1. The predicted molar refractivity (Wildman–Crippen MR) is 166 cm³/mol. The lowest BCUT2D eigenvalue weighted by atomic mass is 10.1. The minimum atomic E-state index is -4.13. The predicted octanol–water partition coefficient (Wildman–Crippen LogP) is 6.45. The zero-order valence-corrected chi connectivity index (χ0v) is 26.4. The first kappa shape index (κ1) is 32.4. The molecule has 1 atom stereocenters. The number of aryl methyl sites for hydroxylation is 3. The molecule has 10 heteroatoms. The van der Waals surface area contributed by atoms with Crippen LogP contribution in [-0.2, 0) is 26.2 Å². The van der Waals surface area contributed by atoms with Crippen molar-refractivity contribution in [1.82, 2.24) is 10.2 Å². The van der Waals surface area contributed by atoms with E-state index in [1.54, 1.807) is 49.4 Å². The highest BCUT2D eigenvalue weighted by Crippen LogP contribution is 2.28. The molecule has 0 aliphatic heterocycles. The van der Waals surface area contributed by atoms with E-state index >= 15 is 0 Å². The van der Waals surface area contributed by atoms with Crippen LogP contribution >= 0.6 is 23.2 Å². The van der Waals surface area contributed by atoms with Crippen molar-refractivity contribution in [3.05, 3.63) is 93.0 Å². The Morgan fingerprint density at radius 1 is 0.902 bits per heavy atom. The number of sulfonamides is 1. The van der Waals surface area contributed by atoms with Crippen molar-refractivity contribution >= 4 is 50.7 Å². The van der Waals surface area contributed by atoms with E-state index in [0.29, 0.717) is 27.8 Å². The number of nitrogens with one attached hydrogen (secondary N) is 1. The number of anilines is 1. The third-order valence-corrected chi connectivity index (χ3v) is 9.53. The minimum Gasteiger partial charge on any atom is -0.354 e. The van der Waals surface area contributed by atoms with Crippen LogP contribution in [0.15, 0.2) is 65.6 Å². The van der Waals surface area contributed by atoms with E-state index in [1.807, 2.05) is 33.8 Å². The quantitative estimate of drug-likeness (QED) is 0.237. The summed E-state index contributed by atoms with van der Waals surface area (Å²) in [7, 11) is -4.13. The number of amides is 2. The Hall–Kier alpha value is -3.07. The second kappa shape index (κ2) is 14.2. The second-order valence-corrected chi connectivity index (χ2v) is 12.9. The molecule has 0 radical (unpaired) electrons. The Bertz CT molecular complexity index is 1490. The Morgan fingerprint density at radius 3 is 2.20 bits per heavy atom. The number of carbonyl (C=O) groups excluding carboxylic acids is 2. The number of carbonyl (C=O) groups is 2. The molecule has 220 valence electrons. The zero-order chi connectivity index (χ0) is 30.3. The largest absolute Gasteiger partial charge is 0.354 e. The van der Waals surface area contributed by atoms with Gasteiger partial charge < -0.3 is 10.2 Å². The van der Waals surface area contributed by atoms with E-state index in [1.165, 1.54) is 17.0 Å². The maximum atomic E-state index is 14.0. The Labute approximate surface area is 253 Å². The number of halogens is 2. The van der Waals surface area contributed by atoms with E-state index in [4.69, 9.17) is 23.2 Å². The second-order valence-electron chi connectivity index (χ2n) is 10.2. The van der Waals surface area contributed by atoms with E-state index in [-0.39, 0.29) is 17.3 Å². The highest BCUT2D eigenvalue weighted by atomic mass is 35.5. The Balaban J connectivity index is 2.04. The normalized spacial score (nSPS) is 12.1. The summed E-state index contributed by atoms with van der Waals surface area (Å²) in [4.78, 5) is 28.5. The fraction of sp³-hybridized carbons (Fsp3) is 0.355. The van der Waals surface area contributed by atoms with Gasteiger partial charge in [0.2, 0.25) is 11.8 Å². The lowest BCUT2D eigenvalue weighted by Crippen LogP contribution is -2.51. The molecular weight excluding hydrogens is 581 g/mol. The highest BCUT2D eigenvalue weighted by molar-refractivity contribution is 7.92. The van der Waals surface area contributed by atoms with Crippen LogP contribution in [0.25, 0.3) is 0 Å². The smallest absolute Gasteiger partial charge is 0.264 e. The maximum absolute atomic E-state index is 14.0. The van der Waals surface area contributed by atoms with Gasteiger partial charge in [-0.3, -0.25) is 13.9 Å². The van der Waals surface area contributed by atoms with Gasteiger partial charge in [0.1, 0.15) is 12.6 Å². The van der Waals surface area contributed by atoms with Crippen LogP contribution in [0.5, 0.6) is 0 Å². The molecular formula is C31H37Cl2N3O4S. The van der Waals surface area contributed by atoms with Crippen molar-refractivity contribution in [2.45, 2.75) is 64.9 Å². The summed E-state index contributed by atoms with van der Waals surface area (Å²) in [5.41, 5.74) is 3.80. The van der Waals surface area contributed by atoms with E-state index in [0.717, 1.165) is 33.8 Å². The van der Waals surface area contributed by atoms with Gasteiger partial charge in [-0.25, -0.2) is 8.42 Å². The number of hydrogen-bond donors (Lipinski definition) is 1. The standard InChI is InChI=1S/C31H37Cl2N3O4S/c1-6-7-16-34-31(38)24(5)35(19-25-11-15-28(32)29(33)18-25)30(37)20-36(26-12-10-22(3)23(4)17-26)41(39,40)27-13-8-21(2)9-14-27/h8-15,17-18,24H,6-7,16,19-20H2,1-5H3,(H,34,38). The van der Waals surface area contributed by atoms with Crippen LogP contribution in [0.2, 0.25) is 10.0 Å². The van der Waals surface area contributed by atoms with Crippen LogP contribution in [-0.4, -0.2) is 44.3 Å². The lowest BCUT2D eigenvalue weighted by molar-refractivity contribution is -0.139. The van der Waals surface area contributed by atoms with Gasteiger partial charge in [-0.2, -0.15) is 0 Å². The summed E-state index contributed by atoms with van der Waals surface area (Å²) in [6, 6.07) is 15.8. The van der Waals surface area contributed by atoms with Crippen molar-refractivity contribution in [3.63, 3.8) is 0 Å². The van der Waals surface area contributed by atoms with Crippen LogP contribution in [0.4, 0.5) is 5.69 Å². The molecule has 3 aromatic rings. The molecule has 7 nitrogen and oxygen atoms in total. The van der Waals surface area contributed by atoms with Crippen LogP contribution in [0.3, 0.4) is 0 Å². The van der Waals surface area contributed by atoms with Gasteiger partial charge in [0, 0.05) is 13.1 Å². The molecule has 0 saturated carbocycles. The number of benzene rings is 3. The molecule has 0 fully saturated rings. The summed E-state index contributed by atoms with van der Waals surface area (Å²) < 4.78 is 29.0. The first-order chi connectivity index (χ1) is 19.3. The topological polar surface area (TPSA) is 86.8 Å². The molecule has 0 saturated heterocycles. The number of rotatable bonds is 12. The van der Waals surface area contributed by atoms with Crippen molar-refractivity contribution in [2.75, 3.05) is 17.4 Å². The van der Waals surface area contributed by atoms with E-state index in [9.17, 15) is 18.0 Å². The molecule has 1 N–H and O–H groups in total. The average Bonchev–Trinajstić information content (AvgIpc) is 2.93. The summed E-state index contributed by atoms with van der Waals surface area (Å²) >= 11 is 12.3. The summed E-state index contributed by atoms with van der Waals surface area (Å²) in [6.45, 7) is 9.34. The average molecular weight is 619 g/mol. The molecule has 0 heterocycles. The molecule has 0 spiro atoms. The molecule has 1 unspecified atom stereocenters. The highest BCUT2D eigenvalue weighted by Gasteiger charge is 2.32.